The highest BCUT2D eigenvalue weighted by molar-refractivity contribution is 6.35. The Hall–Kier alpha value is -1.66. The molecule has 0 bridgehead atoms. The summed E-state index contributed by atoms with van der Waals surface area (Å²) < 4.78 is 10.8. The number of hydrogen-bond acceptors (Lipinski definition) is 4. The van der Waals surface area contributed by atoms with Crippen LogP contribution in [0.15, 0.2) is 18.2 Å². The molecule has 2 amide bonds. The van der Waals surface area contributed by atoms with Crippen molar-refractivity contribution in [1.29, 1.82) is 0 Å². The molecule has 0 aliphatic carbocycles. The summed E-state index contributed by atoms with van der Waals surface area (Å²) in [7, 11) is 0. The molecule has 0 radical (unpaired) electrons. The smallest absolute Gasteiger partial charge is 0.410 e. The van der Waals surface area contributed by atoms with Crippen molar-refractivity contribution < 1.29 is 19.1 Å². The van der Waals surface area contributed by atoms with E-state index in [2.05, 4.69) is 5.32 Å². The molecule has 1 aromatic rings. The van der Waals surface area contributed by atoms with Crippen LogP contribution in [-0.4, -0.2) is 48.2 Å². The summed E-state index contributed by atoms with van der Waals surface area (Å²) in [4.78, 5) is 25.8. The minimum atomic E-state index is -0.511. The number of nitrogens with one attached hydrogen (secondary N) is 1. The molecular formula is C18H24Cl2N2O4. The van der Waals surface area contributed by atoms with E-state index in [-0.39, 0.29) is 24.6 Å². The SMILES string of the molecule is CC(C)(C)OC(=O)N1CCC(NC(=O)COc2ccc(Cl)cc2Cl)CC1. The van der Waals surface area contributed by atoms with Gasteiger partial charge in [0.1, 0.15) is 11.4 Å². The minimum Gasteiger partial charge on any atom is -0.482 e. The highest BCUT2D eigenvalue weighted by Gasteiger charge is 2.27. The van der Waals surface area contributed by atoms with Crippen LogP contribution < -0.4 is 10.1 Å². The highest BCUT2D eigenvalue weighted by atomic mass is 35.5. The van der Waals surface area contributed by atoms with Crippen LogP contribution in [0.4, 0.5) is 4.79 Å². The van der Waals surface area contributed by atoms with Gasteiger partial charge in [0.25, 0.3) is 5.91 Å². The summed E-state index contributed by atoms with van der Waals surface area (Å²) in [6.45, 7) is 6.47. The van der Waals surface area contributed by atoms with E-state index >= 15 is 0 Å². The van der Waals surface area contributed by atoms with Gasteiger partial charge in [0.05, 0.1) is 5.02 Å². The molecule has 6 nitrogen and oxygen atoms in total. The third-order valence-electron chi connectivity index (χ3n) is 3.76. The molecular weight excluding hydrogens is 379 g/mol. The minimum absolute atomic E-state index is 0.00507. The van der Waals surface area contributed by atoms with Crippen LogP contribution in [0.25, 0.3) is 0 Å². The maximum Gasteiger partial charge on any atom is 0.410 e. The van der Waals surface area contributed by atoms with E-state index in [9.17, 15) is 9.59 Å². The zero-order valence-electron chi connectivity index (χ0n) is 15.2. The van der Waals surface area contributed by atoms with Crippen LogP contribution in [0.5, 0.6) is 5.75 Å². The van der Waals surface area contributed by atoms with Crippen LogP contribution in [0.3, 0.4) is 0 Å². The van der Waals surface area contributed by atoms with Crippen molar-refractivity contribution in [3.63, 3.8) is 0 Å². The van der Waals surface area contributed by atoms with Gasteiger partial charge in [0.15, 0.2) is 6.61 Å². The number of rotatable bonds is 4. The number of ether oxygens (including phenoxy) is 2. The Morgan fingerprint density at radius 2 is 1.88 bits per heavy atom. The fourth-order valence-electron chi connectivity index (χ4n) is 2.54. The number of carbonyl (C=O) groups excluding carboxylic acids is 2. The largest absolute Gasteiger partial charge is 0.482 e. The van der Waals surface area contributed by atoms with Crippen molar-refractivity contribution in [1.82, 2.24) is 10.2 Å². The third-order valence-corrected chi connectivity index (χ3v) is 4.29. The van der Waals surface area contributed by atoms with Gasteiger partial charge in [-0.05, 0) is 51.8 Å². The van der Waals surface area contributed by atoms with Gasteiger partial charge in [0.2, 0.25) is 0 Å². The lowest BCUT2D eigenvalue weighted by Gasteiger charge is -2.33. The second-order valence-corrected chi connectivity index (χ2v) is 8.02. The van der Waals surface area contributed by atoms with Gasteiger partial charge in [-0.1, -0.05) is 23.2 Å². The molecule has 1 heterocycles. The van der Waals surface area contributed by atoms with Gasteiger partial charge in [0, 0.05) is 24.2 Å². The first-order valence-electron chi connectivity index (χ1n) is 8.49. The number of piperidine rings is 1. The van der Waals surface area contributed by atoms with Crippen LogP contribution in [0, 0.1) is 0 Å². The molecule has 0 aromatic heterocycles. The van der Waals surface area contributed by atoms with Gasteiger partial charge >= 0.3 is 6.09 Å². The lowest BCUT2D eigenvalue weighted by atomic mass is 10.1. The van der Waals surface area contributed by atoms with Gasteiger partial charge in [-0.15, -0.1) is 0 Å². The number of halogens is 2. The Labute approximate surface area is 163 Å². The van der Waals surface area contributed by atoms with E-state index in [4.69, 9.17) is 32.7 Å². The summed E-state index contributed by atoms with van der Waals surface area (Å²) in [5.74, 6) is 0.178. The predicted molar refractivity (Wildman–Crippen MR) is 101 cm³/mol. The molecule has 1 fully saturated rings. The van der Waals surface area contributed by atoms with E-state index in [0.717, 1.165) is 0 Å². The molecule has 0 atom stereocenters. The number of carbonyl (C=O) groups is 2. The van der Waals surface area contributed by atoms with E-state index in [1.54, 1.807) is 23.1 Å². The topological polar surface area (TPSA) is 67.9 Å². The summed E-state index contributed by atoms with van der Waals surface area (Å²) in [6, 6.07) is 4.83. The molecule has 1 saturated heterocycles. The number of nitrogens with zero attached hydrogens (tertiary/aromatic N) is 1. The second-order valence-electron chi connectivity index (χ2n) is 7.17. The van der Waals surface area contributed by atoms with Crippen molar-refractivity contribution >= 4 is 35.2 Å². The van der Waals surface area contributed by atoms with Crippen molar-refractivity contribution in [2.24, 2.45) is 0 Å². The Bertz CT molecular complexity index is 653. The molecule has 1 aromatic carbocycles. The van der Waals surface area contributed by atoms with Crippen molar-refractivity contribution in [3.8, 4) is 5.75 Å². The molecule has 26 heavy (non-hydrogen) atoms. The molecule has 1 N–H and O–H groups in total. The number of hydrogen-bond donors (Lipinski definition) is 1. The second kappa shape index (κ2) is 8.82. The van der Waals surface area contributed by atoms with Gasteiger partial charge in [-0.25, -0.2) is 4.79 Å². The monoisotopic (exact) mass is 402 g/mol. The first-order chi connectivity index (χ1) is 12.1. The van der Waals surface area contributed by atoms with Gasteiger partial charge < -0.3 is 19.7 Å². The van der Waals surface area contributed by atoms with Crippen LogP contribution in [0.2, 0.25) is 10.0 Å². The normalized spacial score (nSPS) is 15.5. The van der Waals surface area contributed by atoms with Crippen LogP contribution in [0.1, 0.15) is 33.6 Å². The van der Waals surface area contributed by atoms with Crippen molar-refractivity contribution in [2.75, 3.05) is 19.7 Å². The van der Waals surface area contributed by atoms with E-state index in [1.807, 2.05) is 20.8 Å². The fraction of sp³-hybridized carbons (Fsp3) is 0.556. The maximum atomic E-state index is 12.1. The Morgan fingerprint density at radius 1 is 1.23 bits per heavy atom. The lowest BCUT2D eigenvalue weighted by molar-refractivity contribution is -0.124. The first-order valence-corrected chi connectivity index (χ1v) is 9.25. The lowest BCUT2D eigenvalue weighted by Crippen LogP contribution is -2.48. The maximum absolute atomic E-state index is 12.1. The number of amides is 2. The summed E-state index contributed by atoms with van der Waals surface area (Å²) in [5.41, 5.74) is -0.511. The molecule has 1 aliphatic heterocycles. The summed E-state index contributed by atoms with van der Waals surface area (Å²) in [6.07, 6.45) is 1.03. The predicted octanol–water partition coefficient (Wildman–Crippen LogP) is 3.89. The molecule has 1 aliphatic rings. The number of likely N-dealkylation sites (tertiary alicyclic amines) is 1. The van der Waals surface area contributed by atoms with E-state index in [0.29, 0.717) is 41.7 Å². The van der Waals surface area contributed by atoms with Gasteiger partial charge in [-0.3, -0.25) is 4.79 Å². The molecule has 2 rings (SSSR count). The quantitative estimate of drug-likeness (QED) is 0.829. The Balaban J connectivity index is 1.73. The zero-order chi connectivity index (χ0) is 19.3. The average molecular weight is 403 g/mol. The highest BCUT2D eigenvalue weighted by Crippen LogP contribution is 2.27. The third kappa shape index (κ3) is 6.57. The summed E-state index contributed by atoms with van der Waals surface area (Å²) in [5, 5.41) is 3.78. The van der Waals surface area contributed by atoms with Crippen LogP contribution in [-0.2, 0) is 9.53 Å². The standard InChI is InChI=1S/C18H24Cl2N2O4/c1-18(2,3)26-17(24)22-8-6-13(7-9-22)21-16(23)11-25-15-5-4-12(19)10-14(15)20/h4-5,10,13H,6-9,11H2,1-3H3,(H,21,23). The van der Waals surface area contributed by atoms with Gasteiger partial charge in [-0.2, -0.15) is 0 Å². The van der Waals surface area contributed by atoms with E-state index < -0.39 is 5.60 Å². The fourth-order valence-corrected chi connectivity index (χ4v) is 3.00. The number of benzene rings is 1. The Kier molecular flexibility index (Phi) is 7.01. The molecule has 144 valence electrons. The van der Waals surface area contributed by atoms with Crippen molar-refractivity contribution in [3.05, 3.63) is 28.2 Å². The van der Waals surface area contributed by atoms with Crippen molar-refractivity contribution in [2.45, 2.75) is 45.3 Å². The van der Waals surface area contributed by atoms with E-state index in [1.165, 1.54) is 0 Å². The molecule has 0 spiro atoms. The summed E-state index contributed by atoms with van der Waals surface area (Å²) >= 11 is 11.8. The zero-order valence-corrected chi connectivity index (χ0v) is 16.7. The first kappa shape index (κ1) is 20.6. The molecule has 0 unspecified atom stereocenters. The molecule has 0 saturated carbocycles. The van der Waals surface area contributed by atoms with Crippen LogP contribution >= 0.6 is 23.2 Å². The Morgan fingerprint density at radius 3 is 2.46 bits per heavy atom. The average Bonchev–Trinajstić information content (AvgIpc) is 2.53. The molecule has 8 heteroatoms.